The lowest BCUT2D eigenvalue weighted by Crippen LogP contribution is -2.54. The first kappa shape index (κ1) is 12.2. The molecule has 2 N–H and O–H groups in total. The van der Waals surface area contributed by atoms with Crippen LogP contribution in [0.15, 0.2) is 17.5 Å². The van der Waals surface area contributed by atoms with E-state index in [0.29, 0.717) is 5.92 Å². The molecule has 0 bridgehead atoms. The average molecular weight is 264 g/mol. The predicted molar refractivity (Wildman–Crippen MR) is 73.3 cm³/mol. The van der Waals surface area contributed by atoms with Gasteiger partial charge in [-0.15, -0.1) is 11.3 Å². The number of carbonyl (C=O) groups excluding carboxylic acids is 1. The number of hydrogen-bond donors (Lipinski definition) is 1. The number of carbonyl (C=O) groups is 1. The van der Waals surface area contributed by atoms with Gasteiger partial charge in [-0.1, -0.05) is 6.07 Å². The number of nitrogens with two attached hydrogens (primary N) is 1. The van der Waals surface area contributed by atoms with Crippen LogP contribution in [0.4, 0.5) is 0 Å². The Hall–Kier alpha value is -0.870. The third-order valence-corrected chi connectivity index (χ3v) is 5.25. The van der Waals surface area contributed by atoms with Gasteiger partial charge in [-0.25, -0.2) is 0 Å². The third-order valence-electron chi connectivity index (χ3n) is 4.27. The molecule has 1 aliphatic carbocycles. The molecule has 1 aromatic rings. The highest BCUT2D eigenvalue weighted by Gasteiger charge is 2.48. The highest BCUT2D eigenvalue weighted by Crippen LogP contribution is 2.42. The van der Waals surface area contributed by atoms with Crippen LogP contribution < -0.4 is 5.73 Å². The Labute approximate surface area is 112 Å². The molecule has 2 heterocycles. The maximum absolute atomic E-state index is 12.7. The van der Waals surface area contributed by atoms with Crippen LogP contribution in [-0.2, 0) is 4.79 Å². The van der Waals surface area contributed by atoms with Crippen molar-refractivity contribution in [3.05, 3.63) is 22.4 Å². The highest BCUT2D eigenvalue weighted by atomic mass is 32.1. The molecule has 98 valence electrons. The highest BCUT2D eigenvalue weighted by molar-refractivity contribution is 7.10. The molecule has 4 heteroatoms. The van der Waals surface area contributed by atoms with Crippen LogP contribution in [0.2, 0.25) is 0 Å². The largest absolute Gasteiger partial charge is 0.333 e. The van der Waals surface area contributed by atoms with E-state index < -0.39 is 5.54 Å². The lowest BCUT2D eigenvalue weighted by molar-refractivity contribution is -0.138. The Morgan fingerprint density at radius 3 is 2.89 bits per heavy atom. The Bertz CT molecular complexity index is 437. The summed E-state index contributed by atoms with van der Waals surface area (Å²) in [6.07, 6.45) is 4.38. The summed E-state index contributed by atoms with van der Waals surface area (Å²) in [6.45, 7) is 2.78. The van der Waals surface area contributed by atoms with Crippen LogP contribution in [0.5, 0.6) is 0 Å². The van der Waals surface area contributed by atoms with Gasteiger partial charge in [-0.05, 0) is 50.0 Å². The van der Waals surface area contributed by atoms with Crippen molar-refractivity contribution in [2.24, 2.45) is 11.7 Å². The molecule has 0 radical (unpaired) electrons. The van der Waals surface area contributed by atoms with E-state index in [1.807, 2.05) is 11.8 Å². The summed E-state index contributed by atoms with van der Waals surface area (Å²) in [4.78, 5) is 16.0. The van der Waals surface area contributed by atoms with Gasteiger partial charge in [-0.2, -0.15) is 0 Å². The molecular formula is C14H20N2OS. The van der Waals surface area contributed by atoms with Gasteiger partial charge in [0.05, 0.1) is 11.6 Å². The van der Waals surface area contributed by atoms with Gasteiger partial charge in [0.1, 0.15) is 0 Å². The monoisotopic (exact) mass is 264 g/mol. The fourth-order valence-electron chi connectivity index (χ4n) is 2.95. The Kier molecular flexibility index (Phi) is 2.94. The van der Waals surface area contributed by atoms with Crippen LogP contribution in [0, 0.1) is 5.92 Å². The first-order valence-electron chi connectivity index (χ1n) is 6.74. The van der Waals surface area contributed by atoms with Crippen molar-refractivity contribution in [1.82, 2.24) is 4.90 Å². The number of hydrogen-bond acceptors (Lipinski definition) is 3. The molecule has 2 atom stereocenters. The summed E-state index contributed by atoms with van der Waals surface area (Å²) in [6, 6.07) is 4.45. The zero-order valence-corrected chi connectivity index (χ0v) is 11.6. The van der Waals surface area contributed by atoms with Crippen LogP contribution in [0.1, 0.15) is 43.5 Å². The molecule has 1 aliphatic heterocycles. The summed E-state index contributed by atoms with van der Waals surface area (Å²) >= 11 is 1.74. The van der Waals surface area contributed by atoms with Crippen molar-refractivity contribution in [2.45, 2.75) is 44.2 Å². The molecule has 3 nitrogen and oxygen atoms in total. The van der Waals surface area contributed by atoms with Gasteiger partial charge in [-0.3, -0.25) is 4.79 Å². The third kappa shape index (κ3) is 1.97. The van der Waals surface area contributed by atoms with Crippen molar-refractivity contribution >= 4 is 17.2 Å². The van der Waals surface area contributed by atoms with Gasteiger partial charge in [0.2, 0.25) is 5.91 Å². The molecule has 0 aromatic carbocycles. The van der Waals surface area contributed by atoms with Gasteiger partial charge >= 0.3 is 0 Å². The van der Waals surface area contributed by atoms with E-state index in [9.17, 15) is 4.79 Å². The van der Waals surface area contributed by atoms with Gasteiger partial charge < -0.3 is 10.6 Å². The molecule has 2 unspecified atom stereocenters. The average Bonchev–Trinajstić information content (AvgIpc) is 2.91. The standard InChI is InChI=1S/C14H20N2OS/c1-14(15,10-6-7-10)13(17)16-8-2-4-11(16)12-5-3-9-18-12/h3,5,9-11H,2,4,6-8,15H2,1H3. The van der Waals surface area contributed by atoms with Gasteiger partial charge in [0, 0.05) is 11.4 Å². The molecule has 18 heavy (non-hydrogen) atoms. The van der Waals surface area contributed by atoms with Crippen LogP contribution >= 0.6 is 11.3 Å². The molecule has 1 saturated heterocycles. The quantitative estimate of drug-likeness (QED) is 0.912. The minimum absolute atomic E-state index is 0.154. The fraction of sp³-hybridized carbons (Fsp3) is 0.643. The molecular weight excluding hydrogens is 244 g/mol. The number of likely N-dealkylation sites (tertiary alicyclic amines) is 1. The maximum Gasteiger partial charge on any atom is 0.243 e. The van der Waals surface area contributed by atoms with E-state index in [2.05, 4.69) is 17.5 Å². The van der Waals surface area contributed by atoms with Gasteiger partial charge in [0.15, 0.2) is 0 Å². The fourth-order valence-corrected chi connectivity index (χ4v) is 3.83. The molecule has 1 saturated carbocycles. The molecule has 3 rings (SSSR count). The molecule has 2 fully saturated rings. The van der Waals surface area contributed by atoms with E-state index in [0.717, 1.165) is 32.2 Å². The maximum atomic E-state index is 12.7. The summed E-state index contributed by atoms with van der Waals surface area (Å²) in [7, 11) is 0. The molecule has 0 spiro atoms. The van der Waals surface area contributed by atoms with Crippen LogP contribution in [0.3, 0.4) is 0 Å². The number of amides is 1. The van der Waals surface area contributed by atoms with E-state index in [4.69, 9.17) is 5.73 Å². The van der Waals surface area contributed by atoms with E-state index in [1.165, 1.54) is 4.88 Å². The second kappa shape index (κ2) is 4.35. The summed E-state index contributed by atoms with van der Waals surface area (Å²) in [5.74, 6) is 0.551. The summed E-state index contributed by atoms with van der Waals surface area (Å²) in [5, 5.41) is 2.08. The van der Waals surface area contributed by atoms with E-state index >= 15 is 0 Å². The second-order valence-corrected chi connectivity index (χ2v) is 6.71. The topological polar surface area (TPSA) is 46.3 Å². The smallest absolute Gasteiger partial charge is 0.243 e. The Morgan fingerprint density at radius 1 is 1.50 bits per heavy atom. The lowest BCUT2D eigenvalue weighted by Gasteiger charge is -2.32. The first-order valence-corrected chi connectivity index (χ1v) is 7.62. The second-order valence-electron chi connectivity index (χ2n) is 5.73. The van der Waals surface area contributed by atoms with E-state index in [1.54, 1.807) is 11.3 Å². The van der Waals surface area contributed by atoms with Crippen molar-refractivity contribution in [1.29, 1.82) is 0 Å². The normalized spacial score (nSPS) is 27.2. The zero-order valence-electron chi connectivity index (χ0n) is 10.8. The van der Waals surface area contributed by atoms with Gasteiger partial charge in [0.25, 0.3) is 0 Å². The number of rotatable bonds is 3. The summed E-state index contributed by atoms with van der Waals surface area (Å²) < 4.78 is 0. The first-order chi connectivity index (χ1) is 8.60. The Balaban J connectivity index is 1.80. The predicted octanol–water partition coefficient (Wildman–Crippen LogP) is 2.54. The van der Waals surface area contributed by atoms with Crippen LogP contribution in [-0.4, -0.2) is 22.9 Å². The van der Waals surface area contributed by atoms with Crippen molar-refractivity contribution < 1.29 is 4.79 Å². The number of nitrogens with zero attached hydrogens (tertiary/aromatic N) is 1. The minimum atomic E-state index is -0.653. The SMILES string of the molecule is CC(N)(C(=O)N1CCCC1c1cccs1)C1CC1. The molecule has 1 aromatic heterocycles. The zero-order chi connectivity index (χ0) is 12.8. The van der Waals surface area contributed by atoms with Crippen molar-refractivity contribution in [3.63, 3.8) is 0 Å². The van der Waals surface area contributed by atoms with Crippen molar-refractivity contribution in [3.8, 4) is 0 Å². The van der Waals surface area contributed by atoms with Crippen molar-refractivity contribution in [2.75, 3.05) is 6.54 Å². The van der Waals surface area contributed by atoms with Crippen LogP contribution in [0.25, 0.3) is 0 Å². The van der Waals surface area contributed by atoms with E-state index in [-0.39, 0.29) is 11.9 Å². The summed E-state index contributed by atoms with van der Waals surface area (Å²) in [5.41, 5.74) is 5.62. The number of thiophene rings is 1. The molecule has 2 aliphatic rings. The lowest BCUT2D eigenvalue weighted by atomic mass is 9.95. The molecule has 1 amide bonds. The Morgan fingerprint density at radius 2 is 2.28 bits per heavy atom. The minimum Gasteiger partial charge on any atom is -0.333 e.